The Balaban J connectivity index is 2.02. The highest BCUT2D eigenvalue weighted by Gasteiger charge is 2.36. The van der Waals surface area contributed by atoms with Gasteiger partial charge in [0.15, 0.2) is 0 Å². The molecule has 0 aliphatic heterocycles. The molecule has 2 amide bonds. The summed E-state index contributed by atoms with van der Waals surface area (Å²) in [5.74, 6) is -0.00191. The average Bonchev–Trinajstić information content (AvgIpc) is 2.58. The van der Waals surface area contributed by atoms with Crippen LogP contribution in [0, 0.1) is 12.3 Å². The van der Waals surface area contributed by atoms with E-state index in [1.54, 1.807) is 38.1 Å². The van der Waals surface area contributed by atoms with Gasteiger partial charge in [-0.05, 0) is 64.1 Å². The van der Waals surface area contributed by atoms with E-state index in [0.717, 1.165) is 11.3 Å². The van der Waals surface area contributed by atoms with Crippen molar-refractivity contribution in [1.82, 2.24) is 0 Å². The first-order valence-electron chi connectivity index (χ1n) is 8.25. The highest BCUT2D eigenvalue weighted by Crippen LogP contribution is 2.23. The molecule has 2 N–H and O–H groups in total. The van der Waals surface area contributed by atoms with E-state index < -0.39 is 5.41 Å². The maximum atomic E-state index is 12.5. The summed E-state index contributed by atoms with van der Waals surface area (Å²) in [6.07, 6.45) is 0. The molecule has 2 rings (SSSR count). The third-order valence-corrected chi connectivity index (χ3v) is 3.87. The number of aryl methyl sites for hydroxylation is 1. The molecular formula is C20H24N2O3. The normalized spacial score (nSPS) is 10.9. The van der Waals surface area contributed by atoms with Gasteiger partial charge < -0.3 is 15.4 Å². The number of carbonyl (C=O) groups is 2. The van der Waals surface area contributed by atoms with Crippen molar-refractivity contribution in [3.8, 4) is 5.75 Å². The largest absolute Gasteiger partial charge is 0.494 e. The van der Waals surface area contributed by atoms with Crippen molar-refractivity contribution in [2.75, 3.05) is 17.2 Å². The van der Waals surface area contributed by atoms with Crippen molar-refractivity contribution in [3.05, 3.63) is 54.1 Å². The minimum absolute atomic E-state index is 0.361. The Morgan fingerprint density at radius 1 is 0.880 bits per heavy atom. The molecule has 0 aliphatic rings. The maximum Gasteiger partial charge on any atom is 0.239 e. The van der Waals surface area contributed by atoms with Crippen LogP contribution in [-0.2, 0) is 9.59 Å². The molecule has 2 aromatic rings. The summed E-state index contributed by atoms with van der Waals surface area (Å²) in [5.41, 5.74) is 1.16. The summed E-state index contributed by atoms with van der Waals surface area (Å²) in [6.45, 7) is 7.66. The minimum atomic E-state index is -1.22. The van der Waals surface area contributed by atoms with Crippen LogP contribution >= 0.6 is 0 Å². The van der Waals surface area contributed by atoms with Crippen molar-refractivity contribution >= 4 is 23.2 Å². The van der Waals surface area contributed by atoms with Crippen LogP contribution in [0.1, 0.15) is 26.3 Å². The molecule has 0 unspecified atom stereocenters. The topological polar surface area (TPSA) is 67.4 Å². The van der Waals surface area contributed by atoms with Crippen LogP contribution in [0.5, 0.6) is 5.75 Å². The number of hydrogen-bond acceptors (Lipinski definition) is 3. The fraction of sp³-hybridized carbons (Fsp3) is 0.300. The van der Waals surface area contributed by atoms with Crippen molar-refractivity contribution in [1.29, 1.82) is 0 Å². The van der Waals surface area contributed by atoms with Gasteiger partial charge in [0.1, 0.15) is 11.2 Å². The lowest BCUT2D eigenvalue weighted by Crippen LogP contribution is -2.41. The van der Waals surface area contributed by atoms with Gasteiger partial charge in [-0.25, -0.2) is 0 Å². The zero-order valence-corrected chi connectivity index (χ0v) is 15.1. The number of ether oxygens (including phenoxy) is 1. The van der Waals surface area contributed by atoms with Crippen LogP contribution < -0.4 is 15.4 Å². The average molecular weight is 340 g/mol. The van der Waals surface area contributed by atoms with Crippen LogP contribution in [0.25, 0.3) is 0 Å². The third-order valence-electron chi connectivity index (χ3n) is 3.87. The zero-order valence-electron chi connectivity index (χ0n) is 15.1. The van der Waals surface area contributed by atoms with Gasteiger partial charge in [-0.15, -0.1) is 0 Å². The van der Waals surface area contributed by atoms with Crippen LogP contribution in [0.15, 0.2) is 48.5 Å². The Morgan fingerprint density at radius 2 is 1.32 bits per heavy atom. The fourth-order valence-corrected chi connectivity index (χ4v) is 2.12. The van der Waals surface area contributed by atoms with Gasteiger partial charge in [0.05, 0.1) is 6.61 Å². The highest BCUT2D eigenvalue weighted by molar-refractivity contribution is 6.13. The van der Waals surface area contributed by atoms with Crippen LogP contribution in [0.4, 0.5) is 11.4 Å². The molecule has 0 bridgehead atoms. The molecule has 0 fully saturated rings. The Labute approximate surface area is 148 Å². The summed E-state index contributed by atoms with van der Waals surface area (Å²) >= 11 is 0. The number of benzene rings is 2. The van der Waals surface area contributed by atoms with E-state index in [1.807, 2.05) is 38.1 Å². The first kappa shape index (κ1) is 18.5. The van der Waals surface area contributed by atoms with E-state index in [4.69, 9.17) is 4.74 Å². The summed E-state index contributed by atoms with van der Waals surface area (Å²) < 4.78 is 5.37. The number of carbonyl (C=O) groups excluding carboxylic acids is 2. The molecule has 0 heterocycles. The lowest BCUT2D eigenvalue weighted by atomic mass is 9.90. The summed E-state index contributed by atoms with van der Waals surface area (Å²) in [7, 11) is 0. The Kier molecular flexibility index (Phi) is 5.80. The van der Waals surface area contributed by atoms with Gasteiger partial charge in [0, 0.05) is 11.4 Å². The summed E-state index contributed by atoms with van der Waals surface area (Å²) in [6, 6.07) is 14.5. The second kappa shape index (κ2) is 7.83. The molecule has 0 aromatic heterocycles. The molecule has 0 saturated heterocycles. The lowest BCUT2D eigenvalue weighted by molar-refractivity contribution is -0.135. The Bertz CT molecular complexity index is 735. The lowest BCUT2D eigenvalue weighted by Gasteiger charge is -2.23. The van der Waals surface area contributed by atoms with Crippen molar-refractivity contribution < 1.29 is 14.3 Å². The van der Waals surface area contributed by atoms with Crippen LogP contribution in [0.2, 0.25) is 0 Å². The van der Waals surface area contributed by atoms with Crippen LogP contribution in [-0.4, -0.2) is 18.4 Å². The number of anilines is 2. The van der Waals surface area contributed by atoms with E-state index in [0.29, 0.717) is 18.0 Å². The van der Waals surface area contributed by atoms with E-state index in [1.165, 1.54) is 0 Å². The Morgan fingerprint density at radius 3 is 1.76 bits per heavy atom. The zero-order chi connectivity index (χ0) is 18.4. The standard InChI is InChI=1S/C20H24N2O3/c1-5-25-17-12-10-16(11-13-17)22-19(24)20(3,4)18(23)21-15-8-6-14(2)7-9-15/h6-13H,5H2,1-4H3,(H,21,23)(H,22,24). The van der Waals surface area contributed by atoms with Gasteiger partial charge in [0.25, 0.3) is 0 Å². The molecule has 0 saturated carbocycles. The quantitative estimate of drug-likeness (QED) is 0.781. The van der Waals surface area contributed by atoms with Gasteiger partial charge >= 0.3 is 0 Å². The molecule has 0 radical (unpaired) electrons. The van der Waals surface area contributed by atoms with Gasteiger partial charge in [0.2, 0.25) is 11.8 Å². The van der Waals surface area contributed by atoms with Gasteiger partial charge in [-0.2, -0.15) is 0 Å². The Hall–Kier alpha value is -2.82. The van der Waals surface area contributed by atoms with E-state index in [9.17, 15) is 9.59 Å². The van der Waals surface area contributed by atoms with Crippen molar-refractivity contribution in [2.45, 2.75) is 27.7 Å². The number of hydrogen-bond donors (Lipinski definition) is 2. The third kappa shape index (κ3) is 4.83. The summed E-state index contributed by atoms with van der Waals surface area (Å²) in [5, 5.41) is 5.55. The molecule has 0 atom stereocenters. The predicted octanol–water partition coefficient (Wildman–Crippen LogP) is 4.00. The fourth-order valence-electron chi connectivity index (χ4n) is 2.12. The minimum Gasteiger partial charge on any atom is -0.494 e. The second-order valence-corrected chi connectivity index (χ2v) is 6.36. The van der Waals surface area contributed by atoms with Crippen molar-refractivity contribution in [2.24, 2.45) is 5.41 Å². The number of rotatable bonds is 6. The highest BCUT2D eigenvalue weighted by atomic mass is 16.5. The molecule has 0 spiro atoms. The van der Waals surface area contributed by atoms with E-state index in [2.05, 4.69) is 10.6 Å². The number of nitrogens with one attached hydrogen (secondary N) is 2. The molecule has 0 aliphatic carbocycles. The van der Waals surface area contributed by atoms with Crippen LogP contribution in [0.3, 0.4) is 0 Å². The molecular weight excluding hydrogens is 316 g/mol. The van der Waals surface area contributed by atoms with Gasteiger partial charge in [-0.3, -0.25) is 9.59 Å². The first-order valence-corrected chi connectivity index (χ1v) is 8.25. The maximum absolute atomic E-state index is 12.5. The SMILES string of the molecule is CCOc1ccc(NC(=O)C(C)(C)C(=O)Nc2ccc(C)cc2)cc1. The van der Waals surface area contributed by atoms with Crippen molar-refractivity contribution in [3.63, 3.8) is 0 Å². The summed E-state index contributed by atoms with van der Waals surface area (Å²) in [4.78, 5) is 25.0. The van der Waals surface area contributed by atoms with Gasteiger partial charge in [-0.1, -0.05) is 17.7 Å². The smallest absolute Gasteiger partial charge is 0.239 e. The van der Waals surface area contributed by atoms with E-state index in [-0.39, 0.29) is 11.8 Å². The first-order chi connectivity index (χ1) is 11.8. The monoisotopic (exact) mass is 340 g/mol. The second-order valence-electron chi connectivity index (χ2n) is 6.36. The molecule has 132 valence electrons. The van der Waals surface area contributed by atoms with E-state index >= 15 is 0 Å². The molecule has 25 heavy (non-hydrogen) atoms. The molecule has 5 heteroatoms. The molecule has 5 nitrogen and oxygen atoms in total. The number of amides is 2. The predicted molar refractivity (Wildman–Crippen MR) is 99.8 cm³/mol. The molecule has 2 aromatic carbocycles.